The van der Waals surface area contributed by atoms with E-state index in [0.29, 0.717) is 5.41 Å². The molecule has 1 heteroatoms. The van der Waals surface area contributed by atoms with Crippen LogP contribution in [0.25, 0.3) is 0 Å². The van der Waals surface area contributed by atoms with Gasteiger partial charge in [-0.05, 0) is 49.9 Å². The maximum Gasteiger partial charge on any atom is 0.00674 e. The van der Waals surface area contributed by atoms with Crippen LogP contribution in [-0.2, 0) is 0 Å². The van der Waals surface area contributed by atoms with Gasteiger partial charge < -0.3 is 5.32 Å². The molecule has 2 aliphatic carbocycles. The first kappa shape index (κ1) is 12.4. The van der Waals surface area contributed by atoms with Gasteiger partial charge in [0.05, 0.1) is 0 Å². The lowest BCUT2D eigenvalue weighted by molar-refractivity contribution is 0.188. The Morgan fingerprint density at radius 1 is 1.00 bits per heavy atom. The van der Waals surface area contributed by atoms with Crippen molar-refractivity contribution < 1.29 is 0 Å². The molecule has 0 radical (unpaired) electrons. The topological polar surface area (TPSA) is 12.0 Å². The van der Waals surface area contributed by atoms with Crippen molar-refractivity contribution in [3.8, 4) is 0 Å². The summed E-state index contributed by atoms with van der Waals surface area (Å²) in [7, 11) is 0. The second-order valence-corrected chi connectivity index (χ2v) is 6.71. The summed E-state index contributed by atoms with van der Waals surface area (Å²) in [4.78, 5) is 0. The molecule has 0 bridgehead atoms. The minimum Gasteiger partial charge on any atom is -0.313 e. The monoisotopic (exact) mass is 223 g/mol. The Morgan fingerprint density at radius 2 is 1.62 bits per heavy atom. The van der Waals surface area contributed by atoms with Gasteiger partial charge in [-0.15, -0.1) is 0 Å². The van der Waals surface area contributed by atoms with E-state index in [-0.39, 0.29) is 0 Å². The molecule has 2 saturated carbocycles. The van der Waals surface area contributed by atoms with Gasteiger partial charge in [0.25, 0.3) is 0 Å². The standard InChI is InChI=1S/C15H29N/c1-13-6-8-14(9-7-13)16-12-15(2)10-4-3-5-11-15/h13-14,16H,3-12H2,1-2H3. The molecule has 2 rings (SSSR count). The Kier molecular flexibility index (Phi) is 4.29. The van der Waals surface area contributed by atoms with Crippen LogP contribution in [0.4, 0.5) is 0 Å². The lowest BCUT2D eigenvalue weighted by atomic mass is 9.75. The molecule has 0 spiro atoms. The third-order valence-electron chi connectivity index (χ3n) is 4.89. The number of nitrogens with one attached hydrogen (secondary N) is 1. The molecule has 0 aromatic rings. The zero-order valence-electron chi connectivity index (χ0n) is 11.2. The van der Waals surface area contributed by atoms with E-state index in [1.807, 2.05) is 0 Å². The average Bonchev–Trinajstić information content (AvgIpc) is 2.29. The summed E-state index contributed by atoms with van der Waals surface area (Å²) in [5.74, 6) is 0.975. The van der Waals surface area contributed by atoms with Crippen LogP contribution in [0.5, 0.6) is 0 Å². The van der Waals surface area contributed by atoms with E-state index in [9.17, 15) is 0 Å². The van der Waals surface area contributed by atoms with Crippen LogP contribution in [-0.4, -0.2) is 12.6 Å². The fraction of sp³-hybridized carbons (Fsp3) is 1.00. The van der Waals surface area contributed by atoms with Gasteiger partial charge in [-0.2, -0.15) is 0 Å². The van der Waals surface area contributed by atoms with Crippen molar-refractivity contribution in [1.82, 2.24) is 5.32 Å². The van der Waals surface area contributed by atoms with Gasteiger partial charge in [0.1, 0.15) is 0 Å². The fourth-order valence-electron chi connectivity index (χ4n) is 3.44. The van der Waals surface area contributed by atoms with Gasteiger partial charge in [0.15, 0.2) is 0 Å². The highest BCUT2D eigenvalue weighted by Gasteiger charge is 2.28. The average molecular weight is 223 g/mol. The third-order valence-corrected chi connectivity index (χ3v) is 4.89. The molecule has 0 atom stereocenters. The minimum absolute atomic E-state index is 0.612. The fourth-order valence-corrected chi connectivity index (χ4v) is 3.44. The molecule has 0 unspecified atom stereocenters. The molecule has 2 fully saturated rings. The van der Waals surface area contributed by atoms with Gasteiger partial charge >= 0.3 is 0 Å². The minimum atomic E-state index is 0.612. The van der Waals surface area contributed by atoms with Crippen molar-refractivity contribution in [3.05, 3.63) is 0 Å². The highest BCUT2D eigenvalue weighted by atomic mass is 14.9. The predicted molar refractivity (Wildman–Crippen MR) is 70.6 cm³/mol. The lowest BCUT2D eigenvalue weighted by Gasteiger charge is -2.36. The van der Waals surface area contributed by atoms with Crippen LogP contribution in [0.3, 0.4) is 0 Å². The third kappa shape index (κ3) is 3.48. The van der Waals surface area contributed by atoms with Crippen molar-refractivity contribution in [2.24, 2.45) is 11.3 Å². The summed E-state index contributed by atoms with van der Waals surface area (Å²) in [6, 6.07) is 0.829. The summed E-state index contributed by atoms with van der Waals surface area (Å²) in [5.41, 5.74) is 0.612. The quantitative estimate of drug-likeness (QED) is 0.758. The summed E-state index contributed by atoms with van der Waals surface area (Å²) in [6.07, 6.45) is 13.0. The van der Waals surface area contributed by atoms with Crippen LogP contribution in [0.2, 0.25) is 0 Å². The molecule has 0 amide bonds. The first-order valence-corrected chi connectivity index (χ1v) is 7.41. The first-order valence-electron chi connectivity index (χ1n) is 7.41. The van der Waals surface area contributed by atoms with Gasteiger partial charge in [-0.1, -0.05) is 33.1 Å². The molecule has 0 saturated heterocycles. The lowest BCUT2D eigenvalue weighted by Crippen LogP contribution is -2.40. The Morgan fingerprint density at radius 3 is 2.25 bits per heavy atom. The number of rotatable bonds is 3. The maximum absolute atomic E-state index is 3.85. The van der Waals surface area contributed by atoms with Crippen molar-refractivity contribution in [1.29, 1.82) is 0 Å². The van der Waals surface area contributed by atoms with Gasteiger partial charge in [-0.3, -0.25) is 0 Å². The molecular formula is C15H29N. The molecule has 94 valence electrons. The van der Waals surface area contributed by atoms with Crippen LogP contribution < -0.4 is 5.32 Å². The van der Waals surface area contributed by atoms with Gasteiger partial charge in [0, 0.05) is 12.6 Å². The predicted octanol–water partition coefficient (Wildman–Crippen LogP) is 4.13. The molecular weight excluding hydrogens is 194 g/mol. The molecule has 16 heavy (non-hydrogen) atoms. The Balaban J connectivity index is 1.70. The second-order valence-electron chi connectivity index (χ2n) is 6.71. The first-order chi connectivity index (χ1) is 7.68. The Bertz CT molecular complexity index is 197. The molecule has 2 aliphatic rings. The van der Waals surface area contributed by atoms with Crippen LogP contribution in [0, 0.1) is 11.3 Å². The smallest absolute Gasteiger partial charge is 0.00674 e. The van der Waals surface area contributed by atoms with E-state index in [0.717, 1.165) is 12.0 Å². The van der Waals surface area contributed by atoms with E-state index in [4.69, 9.17) is 0 Å². The maximum atomic E-state index is 3.85. The highest BCUT2D eigenvalue weighted by Crippen LogP contribution is 2.35. The molecule has 0 aromatic carbocycles. The molecule has 0 aliphatic heterocycles. The second kappa shape index (κ2) is 5.53. The zero-order valence-corrected chi connectivity index (χ0v) is 11.2. The zero-order chi connectivity index (χ0) is 11.4. The molecule has 0 heterocycles. The normalized spacial score (nSPS) is 34.9. The summed E-state index contributed by atoms with van der Waals surface area (Å²) in [6.45, 7) is 6.16. The van der Waals surface area contributed by atoms with E-state index in [1.165, 1.54) is 64.3 Å². The number of hydrogen-bond donors (Lipinski definition) is 1. The highest BCUT2D eigenvalue weighted by molar-refractivity contribution is 4.83. The van der Waals surface area contributed by atoms with Crippen molar-refractivity contribution >= 4 is 0 Å². The Hall–Kier alpha value is -0.0400. The van der Waals surface area contributed by atoms with E-state index in [2.05, 4.69) is 19.2 Å². The SMILES string of the molecule is CC1CCC(NCC2(C)CCCCC2)CC1. The molecule has 1 nitrogen and oxygen atoms in total. The van der Waals surface area contributed by atoms with Crippen LogP contribution in [0.15, 0.2) is 0 Å². The summed E-state index contributed by atoms with van der Waals surface area (Å²) < 4.78 is 0. The van der Waals surface area contributed by atoms with Crippen LogP contribution in [0.1, 0.15) is 71.6 Å². The summed E-state index contributed by atoms with van der Waals surface area (Å²) >= 11 is 0. The Labute approximate surface area is 101 Å². The van der Waals surface area contributed by atoms with Crippen molar-refractivity contribution in [3.63, 3.8) is 0 Å². The largest absolute Gasteiger partial charge is 0.313 e. The van der Waals surface area contributed by atoms with Gasteiger partial charge in [0.2, 0.25) is 0 Å². The van der Waals surface area contributed by atoms with Crippen molar-refractivity contribution in [2.75, 3.05) is 6.54 Å². The van der Waals surface area contributed by atoms with E-state index >= 15 is 0 Å². The molecule has 1 N–H and O–H groups in total. The molecule has 0 aromatic heterocycles. The summed E-state index contributed by atoms with van der Waals surface area (Å²) in [5, 5.41) is 3.85. The number of hydrogen-bond acceptors (Lipinski definition) is 1. The van der Waals surface area contributed by atoms with Crippen molar-refractivity contribution in [2.45, 2.75) is 77.7 Å². The van der Waals surface area contributed by atoms with E-state index < -0.39 is 0 Å². The van der Waals surface area contributed by atoms with Gasteiger partial charge in [-0.25, -0.2) is 0 Å². The van der Waals surface area contributed by atoms with Crippen LogP contribution >= 0.6 is 0 Å². The van der Waals surface area contributed by atoms with E-state index in [1.54, 1.807) is 0 Å².